The molecule has 1 fully saturated rings. The Morgan fingerprint density at radius 3 is 2.53 bits per heavy atom. The number of nitrogens with zero attached hydrogens (tertiary/aromatic N) is 1. The van der Waals surface area contributed by atoms with Crippen LogP contribution in [0.25, 0.3) is 0 Å². The fraction of sp³-hybridized carbons (Fsp3) is 0.571. The van der Waals surface area contributed by atoms with Crippen molar-refractivity contribution in [1.29, 1.82) is 0 Å². The highest BCUT2D eigenvalue weighted by atomic mass is 19.1. The van der Waals surface area contributed by atoms with Crippen molar-refractivity contribution < 1.29 is 4.39 Å². The molecule has 94 valence electrons. The fourth-order valence-corrected chi connectivity index (χ4v) is 2.31. The van der Waals surface area contributed by atoms with E-state index in [0.29, 0.717) is 0 Å². The predicted molar refractivity (Wildman–Crippen MR) is 69.6 cm³/mol. The van der Waals surface area contributed by atoms with Crippen molar-refractivity contribution in [1.82, 2.24) is 0 Å². The maximum atomic E-state index is 14.0. The summed E-state index contributed by atoms with van der Waals surface area (Å²) in [6, 6.07) is 5.25. The highest BCUT2D eigenvalue weighted by molar-refractivity contribution is 5.49. The van der Waals surface area contributed by atoms with Crippen molar-refractivity contribution in [2.75, 3.05) is 18.0 Å². The third-order valence-electron chi connectivity index (χ3n) is 3.62. The maximum absolute atomic E-state index is 14.0. The van der Waals surface area contributed by atoms with Crippen molar-refractivity contribution in [2.24, 2.45) is 11.7 Å². The molecule has 1 aromatic carbocycles. The van der Waals surface area contributed by atoms with Gasteiger partial charge in [0.05, 0.1) is 5.69 Å². The minimum Gasteiger partial charge on any atom is -0.369 e. The van der Waals surface area contributed by atoms with Gasteiger partial charge in [-0.05, 0) is 43.4 Å². The zero-order chi connectivity index (χ0) is 12.4. The molecule has 0 radical (unpaired) electrons. The lowest BCUT2D eigenvalue weighted by molar-refractivity contribution is 0.434. The first kappa shape index (κ1) is 12.4. The smallest absolute Gasteiger partial charge is 0.146 e. The molecule has 3 heteroatoms. The van der Waals surface area contributed by atoms with Crippen LogP contribution in [0.5, 0.6) is 0 Å². The van der Waals surface area contributed by atoms with E-state index in [9.17, 15) is 4.39 Å². The summed E-state index contributed by atoms with van der Waals surface area (Å²) in [7, 11) is 0. The lowest BCUT2D eigenvalue weighted by Gasteiger charge is -2.32. The van der Waals surface area contributed by atoms with Crippen LogP contribution in [-0.4, -0.2) is 13.1 Å². The average molecular weight is 236 g/mol. The summed E-state index contributed by atoms with van der Waals surface area (Å²) in [4.78, 5) is 2.14. The number of piperidine rings is 1. The van der Waals surface area contributed by atoms with Crippen molar-refractivity contribution in [3.63, 3.8) is 0 Å². The summed E-state index contributed by atoms with van der Waals surface area (Å²) in [6.45, 7) is 6.04. The largest absolute Gasteiger partial charge is 0.369 e. The zero-order valence-corrected chi connectivity index (χ0v) is 10.6. The standard InChI is InChI=1S/C14H21FN2/c1-10-5-7-17(8-6-10)14-4-3-12(11(2)16)9-13(14)15/h3-4,9-11H,5-8,16H2,1-2H3. The Kier molecular flexibility index (Phi) is 3.67. The summed E-state index contributed by atoms with van der Waals surface area (Å²) in [5, 5.41) is 0. The van der Waals surface area contributed by atoms with Crippen molar-refractivity contribution in [3.05, 3.63) is 29.6 Å². The van der Waals surface area contributed by atoms with E-state index in [0.717, 1.165) is 43.1 Å². The number of hydrogen-bond donors (Lipinski definition) is 1. The molecule has 2 N–H and O–H groups in total. The van der Waals surface area contributed by atoms with Crippen LogP contribution in [0, 0.1) is 11.7 Å². The molecule has 1 unspecified atom stereocenters. The third-order valence-corrected chi connectivity index (χ3v) is 3.62. The predicted octanol–water partition coefficient (Wildman–Crippen LogP) is 3.08. The molecule has 0 bridgehead atoms. The van der Waals surface area contributed by atoms with Crippen LogP contribution in [0.4, 0.5) is 10.1 Å². The van der Waals surface area contributed by atoms with E-state index in [2.05, 4.69) is 11.8 Å². The number of nitrogens with two attached hydrogens (primary N) is 1. The van der Waals surface area contributed by atoms with Gasteiger partial charge < -0.3 is 10.6 Å². The molecule has 1 heterocycles. The molecule has 2 rings (SSSR count). The number of halogens is 1. The summed E-state index contributed by atoms with van der Waals surface area (Å²) in [5.74, 6) is 0.618. The Bertz CT molecular complexity index is 382. The van der Waals surface area contributed by atoms with Crippen LogP contribution in [0.15, 0.2) is 18.2 Å². The molecular weight excluding hydrogens is 215 g/mol. The van der Waals surface area contributed by atoms with E-state index < -0.39 is 0 Å². The van der Waals surface area contributed by atoms with Gasteiger partial charge in [0.1, 0.15) is 5.82 Å². The summed E-state index contributed by atoms with van der Waals surface area (Å²) in [6.07, 6.45) is 2.29. The fourth-order valence-electron chi connectivity index (χ4n) is 2.31. The molecule has 1 saturated heterocycles. The second kappa shape index (κ2) is 5.05. The molecule has 1 aliphatic rings. The molecule has 1 aromatic rings. The molecule has 0 amide bonds. The normalized spacial score (nSPS) is 19.4. The molecule has 1 aliphatic heterocycles. The van der Waals surface area contributed by atoms with Gasteiger partial charge in [-0.3, -0.25) is 0 Å². The van der Waals surface area contributed by atoms with Crippen molar-refractivity contribution in [3.8, 4) is 0 Å². The van der Waals surface area contributed by atoms with Crippen LogP contribution < -0.4 is 10.6 Å². The Hall–Kier alpha value is -1.09. The quantitative estimate of drug-likeness (QED) is 0.855. The highest BCUT2D eigenvalue weighted by Crippen LogP contribution is 2.27. The Labute approximate surface area is 103 Å². The average Bonchev–Trinajstić information content (AvgIpc) is 2.30. The van der Waals surface area contributed by atoms with Crippen molar-refractivity contribution >= 4 is 5.69 Å². The molecule has 0 saturated carbocycles. The van der Waals surface area contributed by atoms with Crippen LogP contribution in [-0.2, 0) is 0 Å². The lowest BCUT2D eigenvalue weighted by atomic mass is 9.98. The Balaban J connectivity index is 2.16. The molecule has 1 atom stereocenters. The zero-order valence-electron chi connectivity index (χ0n) is 10.6. The Morgan fingerprint density at radius 2 is 2.00 bits per heavy atom. The minimum atomic E-state index is -0.144. The van der Waals surface area contributed by atoms with E-state index in [1.807, 2.05) is 19.1 Å². The van der Waals surface area contributed by atoms with Crippen LogP contribution in [0.1, 0.15) is 38.3 Å². The first-order valence-corrected chi connectivity index (χ1v) is 6.38. The van der Waals surface area contributed by atoms with Gasteiger partial charge in [-0.1, -0.05) is 13.0 Å². The topological polar surface area (TPSA) is 29.3 Å². The van der Waals surface area contributed by atoms with E-state index in [4.69, 9.17) is 5.73 Å². The van der Waals surface area contributed by atoms with Gasteiger partial charge in [0.25, 0.3) is 0 Å². The highest BCUT2D eigenvalue weighted by Gasteiger charge is 2.18. The molecule has 2 nitrogen and oxygen atoms in total. The second-order valence-corrected chi connectivity index (χ2v) is 5.17. The van der Waals surface area contributed by atoms with Gasteiger partial charge in [-0.25, -0.2) is 4.39 Å². The lowest BCUT2D eigenvalue weighted by Crippen LogP contribution is -2.33. The van der Waals surface area contributed by atoms with E-state index in [-0.39, 0.29) is 11.9 Å². The van der Waals surface area contributed by atoms with Crippen LogP contribution in [0.2, 0.25) is 0 Å². The van der Waals surface area contributed by atoms with Crippen LogP contribution >= 0.6 is 0 Å². The van der Waals surface area contributed by atoms with E-state index >= 15 is 0 Å². The maximum Gasteiger partial charge on any atom is 0.146 e. The first-order valence-electron chi connectivity index (χ1n) is 6.38. The second-order valence-electron chi connectivity index (χ2n) is 5.17. The minimum absolute atomic E-state index is 0.111. The molecule has 0 aromatic heterocycles. The van der Waals surface area contributed by atoms with E-state index in [1.54, 1.807) is 6.07 Å². The molecular formula is C14H21FN2. The monoisotopic (exact) mass is 236 g/mol. The number of anilines is 1. The molecule has 0 spiro atoms. The van der Waals surface area contributed by atoms with Gasteiger partial charge in [0, 0.05) is 19.1 Å². The van der Waals surface area contributed by atoms with E-state index in [1.165, 1.54) is 0 Å². The molecule has 17 heavy (non-hydrogen) atoms. The van der Waals surface area contributed by atoms with Crippen LogP contribution in [0.3, 0.4) is 0 Å². The summed E-state index contributed by atoms with van der Waals surface area (Å²) < 4.78 is 14.0. The van der Waals surface area contributed by atoms with Gasteiger partial charge in [0.2, 0.25) is 0 Å². The first-order chi connectivity index (χ1) is 8.08. The SMILES string of the molecule is CC1CCN(c2ccc(C(C)N)cc2F)CC1. The summed E-state index contributed by atoms with van der Waals surface area (Å²) >= 11 is 0. The Morgan fingerprint density at radius 1 is 1.35 bits per heavy atom. The van der Waals surface area contributed by atoms with Gasteiger partial charge in [0.15, 0.2) is 0 Å². The number of rotatable bonds is 2. The van der Waals surface area contributed by atoms with Gasteiger partial charge >= 0.3 is 0 Å². The van der Waals surface area contributed by atoms with Gasteiger partial charge in [-0.2, -0.15) is 0 Å². The number of benzene rings is 1. The van der Waals surface area contributed by atoms with Gasteiger partial charge in [-0.15, -0.1) is 0 Å². The van der Waals surface area contributed by atoms with Crippen molar-refractivity contribution in [2.45, 2.75) is 32.7 Å². The number of hydrogen-bond acceptors (Lipinski definition) is 2. The molecule has 0 aliphatic carbocycles. The third kappa shape index (κ3) is 2.78. The summed E-state index contributed by atoms with van der Waals surface area (Å²) in [5.41, 5.74) is 7.33.